The van der Waals surface area contributed by atoms with Crippen molar-refractivity contribution in [2.45, 2.75) is 19.3 Å². The fourth-order valence-corrected chi connectivity index (χ4v) is 2.29. The molecule has 0 saturated carbocycles. The lowest BCUT2D eigenvalue weighted by Gasteiger charge is -2.06. The molecule has 1 heterocycles. The number of benzene rings is 2. The van der Waals surface area contributed by atoms with Crippen LogP contribution < -0.4 is 0 Å². The van der Waals surface area contributed by atoms with Gasteiger partial charge in [-0.1, -0.05) is 18.2 Å². The van der Waals surface area contributed by atoms with E-state index in [-0.39, 0.29) is 12.4 Å². The third-order valence-corrected chi connectivity index (χ3v) is 3.42. The van der Waals surface area contributed by atoms with Crippen molar-refractivity contribution in [1.82, 2.24) is 15.0 Å². The summed E-state index contributed by atoms with van der Waals surface area (Å²) in [4.78, 5) is 1.47. The van der Waals surface area contributed by atoms with Gasteiger partial charge in [0.05, 0.1) is 0 Å². The van der Waals surface area contributed by atoms with Crippen LogP contribution in [0, 0.1) is 0 Å². The Morgan fingerprint density at radius 3 is 2.33 bits per heavy atom. The third kappa shape index (κ3) is 2.87. The summed E-state index contributed by atoms with van der Waals surface area (Å²) in [7, 11) is 0. The molecule has 0 aliphatic rings. The molecular formula is C16H17N3O2. The van der Waals surface area contributed by atoms with Crippen LogP contribution in [0.15, 0.2) is 42.5 Å². The summed E-state index contributed by atoms with van der Waals surface area (Å²) >= 11 is 0. The van der Waals surface area contributed by atoms with E-state index >= 15 is 0 Å². The number of hydrogen-bond acceptors (Lipinski definition) is 4. The first-order chi connectivity index (χ1) is 10.3. The van der Waals surface area contributed by atoms with Crippen LogP contribution in [-0.4, -0.2) is 31.8 Å². The molecule has 0 spiro atoms. The summed E-state index contributed by atoms with van der Waals surface area (Å²) in [6, 6.07) is 13.0. The average molecular weight is 283 g/mol. The zero-order valence-corrected chi connectivity index (χ0v) is 11.6. The van der Waals surface area contributed by atoms with E-state index in [2.05, 4.69) is 10.2 Å². The molecule has 0 amide bonds. The summed E-state index contributed by atoms with van der Waals surface area (Å²) in [5.41, 5.74) is 3.26. The zero-order valence-electron chi connectivity index (χ0n) is 11.6. The average Bonchev–Trinajstić information content (AvgIpc) is 2.93. The molecule has 2 N–H and O–H groups in total. The molecule has 0 aliphatic carbocycles. The topological polar surface area (TPSA) is 71.2 Å². The SMILES string of the molecule is OCCCCc1ccc(O)c(-n2nc3ccccc3n2)c1. The Bertz CT molecular complexity index is 719. The molecule has 5 nitrogen and oxygen atoms in total. The van der Waals surface area contributed by atoms with Gasteiger partial charge in [-0.15, -0.1) is 15.0 Å². The quantitative estimate of drug-likeness (QED) is 0.706. The summed E-state index contributed by atoms with van der Waals surface area (Å²) < 4.78 is 0. The van der Waals surface area contributed by atoms with Crippen molar-refractivity contribution < 1.29 is 10.2 Å². The second kappa shape index (κ2) is 5.93. The van der Waals surface area contributed by atoms with Gasteiger partial charge in [-0.3, -0.25) is 0 Å². The van der Waals surface area contributed by atoms with E-state index in [0.717, 1.165) is 35.9 Å². The Morgan fingerprint density at radius 2 is 1.67 bits per heavy atom. The molecule has 21 heavy (non-hydrogen) atoms. The number of aromatic hydroxyl groups is 1. The monoisotopic (exact) mass is 283 g/mol. The number of phenols is 1. The molecule has 0 radical (unpaired) electrons. The molecule has 0 atom stereocenters. The zero-order chi connectivity index (χ0) is 14.7. The van der Waals surface area contributed by atoms with Crippen molar-refractivity contribution in [3.63, 3.8) is 0 Å². The van der Waals surface area contributed by atoms with Gasteiger partial charge in [0, 0.05) is 6.61 Å². The van der Waals surface area contributed by atoms with Crippen LogP contribution in [0.2, 0.25) is 0 Å². The molecule has 0 aliphatic heterocycles. The van der Waals surface area contributed by atoms with Gasteiger partial charge < -0.3 is 10.2 Å². The highest BCUT2D eigenvalue weighted by Crippen LogP contribution is 2.23. The Labute approximate surface area is 122 Å². The summed E-state index contributed by atoms with van der Waals surface area (Å²) in [6.07, 6.45) is 2.55. The maximum Gasteiger partial charge on any atom is 0.143 e. The highest BCUT2D eigenvalue weighted by molar-refractivity contribution is 5.73. The number of rotatable bonds is 5. The Morgan fingerprint density at radius 1 is 0.952 bits per heavy atom. The number of aryl methyl sites for hydroxylation is 1. The normalized spacial score (nSPS) is 11.1. The highest BCUT2D eigenvalue weighted by Gasteiger charge is 2.09. The number of phenolic OH excluding ortho intramolecular Hbond substituents is 1. The molecule has 3 aromatic rings. The fraction of sp³-hybridized carbons (Fsp3) is 0.250. The molecule has 0 unspecified atom stereocenters. The van der Waals surface area contributed by atoms with Crippen LogP contribution >= 0.6 is 0 Å². The lowest BCUT2D eigenvalue weighted by Crippen LogP contribution is -2.00. The lowest BCUT2D eigenvalue weighted by molar-refractivity contribution is 0.284. The van der Waals surface area contributed by atoms with Gasteiger partial charge in [-0.05, 0) is 49.1 Å². The van der Waals surface area contributed by atoms with Gasteiger partial charge in [0.2, 0.25) is 0 Å². The van der Waals surface area contributed by atoms with Crippen molar-refractivity contribution in [2.75, 3.05) is 6.61 Å². The maximum atomic E-state index is 10.0. The van der Waals surface area contributed by atoms with Crippen molar-refractivity contribution in [2.24, 2.45) is 0 Å². The molecule has 2 aromatic carbocycles. The van der Waals surface area contributed by atoms with Crippen LogP contribution in [0.25, 0.3) is 16.7 Å². The van der Waals surface area contributed by atoms with Gasteiger partial charge in [-0.2, -0.15) is 0 Å². The molecular weight excluding hydrogens is 266 g/mol. The van der Waals surface area contributed by atoms with Crippen LogP contribution in [-0.2, 0) is 6.42 Å². The number of hydrogen-bond donors (Lipinski definition) is 2. The first kappa shape index (κ1) is 13.6. The van der Waals surface area contributed by atoms with Gasteiger partial charge in [0.25, 0.3) is 0 Å². The van der Waals surface area contributed by atoms with E-state index in [9.17, 15) is 5.11 Å². The van der Waals surface area contributed by atoms with Crippen molar-refractivity contribution in [1.29, 1.82) is 0 Å². The van der Waals surface area contributed by atoms with Gasteiger partial charge in [0.1, 0.15) is 22.5 Å². The Balaban J connectivity index is 1.94. The molecule has 0 saturated heterocycles. The second-order valence-corrected chi connectivity index (χ2v) is 4.98. The molecule has 0 fully saturated rings. The van der Waals surface area contributed by atoms with E-state index in [4.69, 9.17) is 5.11 Å². The number of aliphatic hydroxyl groups is 1. The largest absolute Gasteiger partial charge is 0.506 e. The Kier molecular flexibility index (Phi) is 3.83. The number of aliphatic hydroxyl groups excluding tert-OH is 1. The van der Waals surface area contributed by atoms with Gasteiger partial charge in [0.15, 0.2) is 0 Å². The van der Waals surface area contributed by atoms with Crippen molar-refractivity contribution >= 4 is 11.0 Å². The standard InChI is InChI=1S/C16H17N3O2/c20-10-4-3-5-12-8-9-16(21)15(11-12)19-17-13-6-1-2-7-14(13)18-19/h1-2,6-9,11,20-21H,3-5,10H2. The van der Waals surface area contributed by atoms with Crippen LogP contribution in [0.1, 0.15) is 18.4 Å². The lowest BCUT2D eigenvalue weighted by atomic mass is 10.1. The van der Waals surface area contributed by atoms with Gasteiger partial charge in [-0.25, -0.2) is 0 Å². The molecule has 3 rings (SSSR count). The number of fused-ring (bicyclic) bond motifs is 1. The maximum absolute atomic E-state index is 10.0. The highest BCUT2D eigenvalue weighted by atomic mass is 16.3. The Hall–Kier alpha value is -2.40. The van der Waals surface area contributed by atoms with Gasteiger partial charge >= 0.3 is 0 Å². The minimum atomic E-state index is 0.154. The van der Waals surface area contributed by atoms with E-state index < -0.39 is 0 Å². The smallest absolute Gasteiger partial charge is 0.143 e. The van der Waals surface area contributed by atoms with E-state index in [1.165, 1.54) is 4.80 Å². The first-order valence-corrected chi connectivity index (χ1v) is 7.03. The summed E-state index contributed by atoms with van der Waals surface area (Å²) in [5, 5.41) is 27.7. The van der Waals surface area contributed by atoms with Crippen LogP contribution in [0.5, 0.6) is 5.75 Å². The predicted molar refractivity (Wildman–Crippen MR) is 80.6 cm³/mol. The second-order valence-electron chi connectivity index (χ2n) is 4.98. The van der Waals surface area contributed by atoms with Crippen molar-refractivity contribution in [3.05, 3.63) is 48.0 Å². The predicted octanol–water partition coefficient (Wildman–Crippen LogP) is 2.44. The minimum Gasteiger partial charge on any atom is -0.506 e. The van der Waals surface area contributed by atoms with E-state index in [1.54, 1.807) is 6.07 Å². The summed E-state index contributed by atoms with van der Waals surface area (Å²) in [5.74, 6) is 0.154. The van der Waals surface area contributed by atoms with Crippen molar-refractivity contribution in [3.8, 4) is 11.4 Å². The van der Waals surface area contributed by atoms with Crippen LogP contribution in [0.4, 0.5) is 0 Å². The molecule has 108 valence electrons. The van der Waals surface area contributed by atoms with Crippen LogP contribution in [0.3, 0.4) is 0 Å². The summed E-state index contributed by atoms with van der Waals surface area (Å²) in [6.45, 7) is 0.205. The van der Waals surface area contributed by atoms with E-state index in [1.807, 2.05) is 36.4 Å². The minimum absolute atomic E-state index is 0.154. The molecule has 5 heteroatoms. The fourth-order valence-electron chi connectivity index (χ4n) is 2.29. The molecule has 1 aromatic heterocycles. The molecule has 0 bridgehead atoms. The number of aromatic nitrogens is 3. The third-order valence-electron chi connectivity index (χ3n) is 3.42. The van der Waals surface area contributed by atoms with E-state index in [0.29, 0.717) is 5.69 Å². The first-order valence-electron chi connectivity index (χ1n) is 7.03. The number of unbranched alkanes of at least 4 members (excludes halogenated alkanes) is 1. The number of nitrogens with zero attached hydrogens (tertiary/aromatic N) is 3.